The Kier molecular flexibility index (Phi) is 4.81. The molecular weight excluding hydrogens is 434 g/mol. The maximum Gasteiger partial charge on any atom is 0.225 e. The molecule has 0 bridgehead atoms. The van der Waals surface area contributed by atoms with E-state index in [0.717, 1.165) is 55.4 Å². The standard InChI is InChI=1S/C29H27N5O/c35-27-17-24(23-11-5-6-12-25(23)30-27)29-32-31-26-18-33(15-16-34(26)29)28-21-9-3-1-7-19(21)13-14-20-8-2-4-10-22(20)28/h1-12,24,28H,13-18H2,(H,30,35). The van der Waals surface area contributed by atoms with Crippen LogP contribution in [0.25, 0.3) is 0 Å². The minimum absolute atomic E-state index is 0.0372. The van der Waals surface area contributed by atoms with Crippen molar-refractivity contribution < 1.29 is 4.79 Å². The van der Waals surface area contributed by atoms with Crippen molar-refractivity contribution in [3.05, 3.63) is 112 Å². The van der Waals surface area contributed by atoms with Gasteiger partial charge < -0.3 is 9.88 Å². The average molecular weight is 462 g/mol. The van der Waals surface area contributed by atoms with Crippen LogP contribution in [0.5, 0.6) is 0 Å². The van der Waals surface area contributed by atoms with Crippen LogP contribution in [0.15, 0.2) is 72.8 Å². The van der Waals surface area contributed by atoms with Crippen molar-refractivity contribution in [2.24, 2.45) is 0 Å². The molecule has 6 nitrogen and oxygen atoms in total. The maximum atomic E-state index is 12.4. The Morgan fingerprint density at radius 1 is 0.771 bits per heavy atom. The molecule has 1 N–H and O–H groups in total. The van der Waals surface area contributed by atoms with E-state index < -0.39 is 0 Å². The number of aromatic nitrogens is 3. The SMILES string of the molecule is O=C1CC(c2nnc3n2CCN(C2c4ccccc4CCc4ccccc42)C3)c2ccccc2N1. The molecule has 0 spiro atoms. The van der Waals surface area contributed by atoms with Crippen LogP contribution < -0.4 is 5.32 Å². The first-order valence-corrected chi connectivity index (χ1v) is 12.5. The van der Waals surface area contributed by atoms with E-state index in [0.29, 0.717) is 6.42 Å². The Hall–Kier alpha value is -3.77. The van der Waals surface area contributed by atoms with Crippen LogP contribution in [0.1, 0.15) is 57.8 Å². The van der Waals surface area contributed by atoms with E-state index in [1.165, 1.54) is 22.3 Å². The van der Waals surface area contributed by atoms with Crippen molar-refractivity contribution in [2.75, 3.05) is 11.9 Å². The van der Waals surface area contributed by atoms with Gasteiger partial charge >= 0.3 is 0 Å². The summed E-state index contributed by atoms with van der Waals surface area (Å²) in [7, 11) is 0. The van der Waals surface area contributed by atoms with Gasteiger partial charge in [0.05, 0.1) is 18.5 Å². The zero-order chi connectivity index (χ0) is 23.4. The fourth-order valence-corrected chi connectivity index (χ4v) is 6.21. The number of carbonyl (C=O) groups excluding carboxylic acids is 1. The summed E-state index contributed by atoms with van der Waals surface area (Å²) in [6, 6.07) is 26.0. The summed E-state index contributed by atoms with van der Waals surface area (Å²) in [5.41, 5.74) is 7.69. The second-order valence-corrected chi connectivity index (χ2v) is 9.79. The van der Waals surface area contributed by atoms with Crippen LogP contribution in [-0.2, 0) is 30.7 Å². The van der Waals surface area contributed by atoms with Crippen LogP contribution in [-0.4, -0.2) is 32.1 Å². The fraction of sp³-hybridized carbons (Fsp3) is 0.276. The highest BCUT2D eigenvalue weighted by Crippen LogP contribution is 2.40. The highest BCUT2D eigenvalue weighted by Gasteiger charge is 2.35. The summed E-state index contributed by atoms with van der Waals surface area (Å²) < 4.78 is 2.26. The number of rotatable bonds is 2. The van der Waals surface area contributed by atoms with Crippen molar-refractivity contribution in [1.82, 2.24) is 19.7 Å². The molecule has 3 aromatic carbocycles. The normalized spacial score (nSPS) is 19.7. The van der Waals surface area contributed by atoms with Crippen molar-refractivity contribution in [3.8, 4) is 0 Å². The monoisotopic (exact) mass is 461 g/mol. The third-order valence-electron chi connectivity index (χ3n) is 7.85. The van der Waals surface area contributed by atoms with Gasteiger partial charge in [-0.2, -0.15) is 0 Å². The predicted octanol–water partition coefficient (Wildman–Crippen LogP) is 4.46. The van der Waals surface area contributed by atoms with E-state index >= 15 is 0 Å². The number of aryl methyl sites for hydroxylation is 2. The Morgan fingerprint density at radius 3 is 2.17 bits per heavy atom. The van der Waals surface area contributed by atoms with Gasteiger partial charge in [-0.3, -0.25) is 9.69 Å². The number of nitrogens with one attached hydrogen (secondary N) is 1. The molecule has 35 heavy (non-hydrogen) atoms. The summed E-state index contributed by atoms with van der Waals surface area (Å²) in [6.07, 6.45) is 2.55. The van der Waals surface area contributed by atoms with E-state index in [-0.39, 0.29) is 17.9 Å². The molecule has 2 aliphatic heterocycles. The Bertz CT molecular complexity index is 1390. The molecule has 3 aliphatic rings. The van der Waals surface area contributed by atoms with Gasteiger partial charge in [0.2, 0.25) is 5.91 Å². The summed E-state index contributed by atoms with van der Waals surface area (Å²) in [4.78, 5) is 15.0. The first-order valence-electron chi connectivity index (χ1n) is 12.5. The van der Waals surface area contributed by atoms with E-state index in [2.05, 4.69) is 79.6 Å². The number of benzene rings is 3. The molecule has 1 amide bonds. The average Bonchev–Trinajstić information content (AvgIpc) is 3.23. The lowest BCUT2D eigenvalue weighted by Gasteiger charge is -2.36. The Balaban J connectivity index is 1.26. The number of fused-ring (bicyclic) bond motifs is 4. The van der Waals surface area contributed by atoms with Crippen molar-refractivity contribution in [1.29, 1.82) is 0 Å². The fourth-order valence-electron chi connectivity index (χ4n) is 6.21. The van der Waals surface area contributed by atoms with Crippen molar-refractivity contribution in [2.45, 2.75) is 44.3 Å². The van der Waals surface area contributed by atoms with Crippen LogP contribution in [0.4, 0.5) is 5.69 Å². The van der Waals surface area contributed by atoms with Gasteiger partial charge in [-0.25, -0.2) is 0 Å². The number of hydrogen-bond donors (Lipinski definition) is 1. The largest absolute Gasteiger partial charge is 0.326 e. The number of hydrogen-bond acceptors (Lipinski definition) is 4. The van der Waals surface area contributed by atoms with Gasteiger partial charge in [0.1, 0.15) is 11.6 Å². The molecule has 0 fully saturated rings. The number of carbonyl (C=O) groups is 1. The van der Waals surface area contributed by atoms with E-state index in [4.69, 9.17) is 0 Å². The molecule has 7 rings (SSSR count). The van der Waals surface area contributed by atoms with Crippen LogP contribution in [0, 0.1) is 0 Å². The molecule has 0 saturated carbocycles. The molecule has 1 unspecified atom stereocenters. The Labute approximate surface area is 204 Å². The van der Waals surface area contributed by atoms with Crippen LogP contribution in [0.3, 0.4) is 0 Å². The molecular formula is C29H27N5O. The van der Waals surface area contributed by atoms with Crippen molar-refractivity contribution in [3.63, 3.8) is 0 Å². The van der Waals surface area contributed by atoms with E-state index in [1.54, 1.807) is 0 Å². The molecule has 4 aromatic rings. The zero-order valence-electron chi connectivity index (χ0n) is 19.5. The second-order valence-electron chi connectivity index (χ2n) is 9.79. The van der Waals surface area contributed by atoms with Crippen LogP contribution in [0.2, 0.25) is 0 Å². The number of amides is 1. The number of nitrogens with zero attached hydrogens (tertiary/aromatic N) is 4. The predicted molar refractivity (Wildman–Crippen MR) is 134 cm³/mol. The number of para-hydroxylation sites is 1. The molecule has 0 saturated heterocycles. The smallest absolute Gasteiger partial charge is 0.225 e. The third-order valence-corrected chi connectivity index (χ3v) is 7.85. The summed E-state index contributed by atoms with van der Waals surface area (Å²) in [5.74, 6) is 1.86. The minimum atomic E-state index is -0.0629. The van der Waals surface area contributed by atoms with E-state index in [1.807, 2.05) is 18.2 Å². The van der Waals surface area contributed by atoms with E-state index in [9.17, 15) is 4.79 Å². The molecule has 1 aromatic heterocycles. The van der Waals surface area contributed by atoms with Gasteiger partial charge in [-0.15, -0.1) is 10.2 Å². The quantitative estimate of drug-likeness (QED) is 0.479. The lowest BCUT2D eigenvalue weighted by Crippen LogP contribution is -2.38. The zero-order valence-corrected chi connectivity index (χ0v) is 19.5. The molecule has 1 aliphatic carbocycles. The van der Waals surface area contributed by atoms with Gasteiger partial charge in [0, 0.05) is 25.2 Å². The van der Waals surface area contributed by atoms with Crippen molar-refractivity contribution >= 4 is 11.6 Å². The first-order chi connectivity index (χ1) is 17.3. The summed E-state index contributed by atoms with van der Waals surface area (Å²) in [5, 5.41) is 12.3. The van der Waals surface area contributed by atoms with Gasteiger partial charge in [-0.05, 0) is 46.7 Å². The second kappa shape index (κ2) is 8.17. The number of anilines is 1. The lowest BCUT2D eigenvalue weighted by atomic mass is 9.89. The highest BCUT2D eigenvalue weighted by molar-refractivity contribution is 5.95. The summed E-state index contributed by atoms with van der Waals surface area (Å²) in [6.45, 7) is 2.46. The first kappa shape index (κ1) is 20.6. The van der Waals surface area contributed by atoms with Gasteiger partial charge in [-0.1, -0.05) is 66.7 Å². The lowest BCUT2D eigenvalue weighted by molar-refractivity contribution is -0.116. The maximum absolute atomic E-state index is 12.4. The van der Waals surface area contributed by atoms with Gasteiger partial charge in [0.25, 0.3) is 0 Å². The van der Waals surface area contributed by atoms with Crippen LogP contribution >= 0.6 is 0 Å². The molecule has 1 atom stereocenters. The highest BCUT2D eigenvalue weighted by atomic mass is 16.1. The Morgan fingerprint density at radius 2 is 1.43 bits per heavy atom. The van der Waals surface area contributed by atoms with Gasteiger partial charge in [0.15, 0.2) is 0 Å². The topological polar surface area (TPSA) is 63.1 Å². The summed E-state index contributed by atoms with van der Waals surface area (Å²) >= 11 is 0. The minimum Gasteiger partial charge on any atom is -0.326 e. The molecule has 0 radical (unpaired) electrons. The molecule has 3 heterocycles. The molecule has 174 valence electrons. The molecule has 6 heteroatoms. The third kappa shape index (κ3) is 3.40.